The van der Waals surface area contributed by atoms with Crippen LogP contribution in [0.15, 0.2) is 21.1 Å². The lowest BCUT2D eigenvalue weighted by Crippen LogP contribution is -2.34. The van der Waals surface area contributed by atoms with E-state index in [9.17, 15) is 0 Å². The zero-order chi connectivity index (χ0) is 12.4. The van der Waals surface area contributed by atoms with Gasteiger partial charge in [-0.15, -0.1) is 0 Å². The number of nitrogens with one attached hydrogen (secondary N) is 1. The second-order valence-corrected chi connectivity index (χ2v) is 6.27. The summed E-state index contributed by atoms with van der Waals surface area (Å²) in [6.07, 6.45) is 2.23. The van der Waals surface area contributed by atoms with Gasteiger partial charge in [-0.05, 0) is 65.5 Å². The summed E-state index contributed by atoms with van der Waals surface area (Å²) < 4.78 is 1.92. The summed E-state index contributed by atoms with van der Waals surface area (Å²) in [6.45, 7) is 2.10. The minimum Gasteiger partial charge on any atom is -0.398 e. The molecule has 1 fully saturated rings. The molecule has 1 saturated heterocycles. The van der Waals surface area contributed by atoms with E-state index in [1.54, 1.807) is 0 Å². The van der Waals surface area contributed by atoms with E-state index in [0.29, 0.717) is 5.92 Å². The Morgan fingerprint density at radius 3 is 2.53 bits per heavy atom. The summed E-state index contributed by atoms with van der Waals surface area (Å²) in [5, 5.41) is 3.35. The van der Waals surface area contributed by atoms with E-state index in [0.717, 1.165) is 46.1 Å². The van der Waals surface area contributed by atoms with Crippen molar-refractivity contribution in [3.8, 4) is 0 Å². The molecular weight excluding hydrogens is 346 g/mol. The van der Waals surface area contributed by atoms with E-state index in [1.165, 1.54) is 0 Å². The van der Waals surface area contributed by atoms with Gasteiger partial charge in [0.15, 0.2) is 0 Å². The SMILES string of the molecule is Nc1c(Br)cc(Br)cc1[C@H](N)C1CCNCC1. The quantitative estimate of drug-likeness (QED) is 0.709. The molecule has 0 unspecified atom stereocenters. The van der Waals surface area contributed by atoms with Crippen LogP contribution < -0.4 is 16.8 Å². The van der Waals surface area contributed by atoms with E-state index in [-0.39, 0.29) is 6.04 Å². The third kappa shape index (κ3) is 3.02. The normalized spacial score (nSPS) is 19.2. The van der Waals surface area contributed by atoms with E-state index in [2.05, 4.69) is 37.2 Å². The van der Waals surface area contributed by atoms with Gasteiger partial charge in [0.25, 0.3) is 0 Å². The van der Waals surface area contributed by atoms with Gasteiger partial charge in [-0.2, -0.15) is 0 Å². The molecule has 0 radical (unpaired) electrons. The number of nitrogens with two attached hydrogens (primary N) is 2. The number of anilines is 1. The molecule has 5 N–H and O–H groups in total. The van der Waals surface area contributed by atoms with Gasteiger partial charge in [-0.25, -0.2) is 0 Å². The predicted molar refractivity (Wildman–Crippen MR) is 78.8 cm³/mol. The first-order valence-corrected chi connectivity index (χ1v) is 7.39. The Hall–Kier alpha value is -0.100. The Morgan fingerprint density at radius 1 is 1.24 bits per heavy atom. The molecule has 94 valence electrons. The molecule has 17 heavy (non-hydrogen) atoms. The van der Waals surface area contributed by atoms with Crippen LogP contribution in [0.1, 0.15) is 24.4 Å². The molecular formula is C12H17Br2N3. The maximum Gasteiger partial charge on any atom is 0.0507 e. The van der Waals surface area contributed by atoms with Gasteiger partial charge >= 0.3 is 0 Å². The van der Waals surface area contributed by atoms with Crippen LogP contribution in [0, 0.1) is 5.92 Å². The fourth-order valence-electron chi connectivity index (χ4n) is 2.34. The Bertz CT molecular complexity index is 403. The number of hydrogen-bond donors (Lipinski definition) is 3. The first-order valence-electron chi connectivity index (χ1n) is 5.80. The van der Waals surface area contributed by atoms with Crippen molar-refractivity contribution in [1.82, 2.24) is 5.32 Å². The number of hydrogen-bond acceptors (Lipinski definition) is 3. The van der Waals surface area contributed by atoms with Gasteiger partial charge in [0.1, 0.15) is 0 Å². The van der Waals surface area contributed by atoms with Gasteiger partial charge in [0, 0.05) is 15.0 Å². The smallest absolute Gasteiger partial charge is 0.0507 e. The second kappa shape index (κ2) is 5.69. The molecule has 0 saturated carbocycles. The second-order valence-electron chi connectivity index (χ2n) is 4.50. The van der Waals surface area contributed by atoms with Crippen molar-refractivity contribution < 1.29 is 0 Å². The minimum atomic E-state index is 0.0194. The van der Waals surface area contributed by atoms with E-state index >= 15 is 0 Å². The van der Waals surface area contributed by atoms with Crippen LogP contribution in [0.2, 0.25) is 0 Å². The fraction of sp³-hybridized carbons (Fsp3) is 0.500. The monoisotopic (exact) mass is 361 g/mol. The third-order valence-corrected chi connectivity index (χ3v) is 4.49. The van der Waals surface area contributed by atoms with Gasteiger partial charge in [-0.3, -0.25) is 0 Å². The summed E-state index contributed by atoms with van der Waals surface area (Å²) in [7, 11) is 0. The minimum absolute atomic E-state index is 0.0194. The van der Waals surface area contributed by atoms with Crippen molar-refractivity contribution in [2.75, 3.05) is 18.8 Å². The van der Waals surface area contributed by atoms with E-state index in [4.69, 9.17) is 11.5 Å². The highest BCUT2D eigenvalue weighted by Gasteiger charge is 2.24. The molecule has 0 amide bonds. The lowest BCUT2D eigenvalue weighted by molar-refractivity contribution is 0.322. The molecule has 1 aliphatic rings. The molecule has 0 aliphatic carbocycles. The Balaban J connectivity index is 2.26. The van der Waals surface area contributed by atoms with Crippen LogP contribution in [0.25, 0.3) is 0 Å². The van der Waals surface area contributed by atoms with Gasteiger partial charge in [0.05, 0.1) is 5.69 Å². The molecule has 1 heterocycles. The summed E-state index contributed by atoms with van der Waals surface area (Å²) in [6, 6.07) is 4.01. The molecule has 5 heteroatoms. The largest absolute Gasteiger partial charge is 0.398 e. The maximum atomic E-state index is 6.36. The maximum absolute atomic E-state index is 6.36. The van der Waals surface area contributed by atoms with Crippen LogP contribution in [0.5, 0.6) is 0 Å². The molecule has 1 aromatic rings. The van der Waals surface area contributed by atoms with Crippen molar-refractivity contribution in [1.29, 1.82) is 0 Å². The van der Waals surface area contributed by atoms with Crippen LogP contribution in [0.3, 0.4) is 0 Å². The molecule has 1 atom stereocenters. The average molecular weight is 363 g/mol. The number of benzene rings is 1. The molecule has 2 rings (SSSR count). The molecule has 0 aromatic heterocycles. The van der Waals surface area contributed by atoms with Gasteiger partial charge < -0.3 is 16.8 Å². The highest BCUT2D eigenvalue weighted by atomic mass is 79.9. The zero-order valence-electron chi connectivity index (χ0n) is 9.55. The number of nitrogen functional groups attached to an aromatic ring is 1. The van der Waals surface area contributed by atoms with Crippen molar-refractivity contribution in [3.63, 3.8) is 0 Å². The van der Waals surface area contributed by atoms with Gasteiger partial charge in [0.2, 0.25) is 0 Å². The Kier molecular flexibility index (Phi) is 4.47. The van der Waals surface area contributed by atoms with Crippen LogP contribution in [-0.4, -0.2) is 13.1 Å². The first kappa shape index (κ1) is 13.3. The van der Waals surface area contributed by atoms with Crippen molar-refractivity contribution >= 4 is 37.5 Å². The number of rotatable bonds is 2. The van der Waals surface area contributed by atoms with Crippen molar-refractivity contribution in [3.05, 3.63) is 26.6 Å². The predicted octanol–water partition coefficient (Wildman–Crippen LogP) is 2.79. The first-order chi connectivity index (χ1) is 8.09. The standard InChI is InChI=1S/C12H17Br2N3/c13-8-5-9(12(16)10(14)6-8)11(15)7-1-3-17-4-2-7/h5-7,11,17H,1-4,15-16H2/t11-/m1/s1. The zero-order valence-corrected chi connectivity index (χ0v) is 12.7. The van der Waals surface area contributed by atoms with Crippen molar-refractivity contribution in [2.24, 2.45) is 11.7 Å². The number of halogens is 2. The molecule has 1 aromatic carbocycles. The Morgan fingerprint density at radius 2 is 1.88 bits per heavy atom. The summed E-state index contributed by atoms with van der Waals surface area (Å²) in [4.78, 5) is 0. The third-order valence-electron chi connectivity index (χ3n) is 3.38. The lowest BCUT2D eigenvalue weighted by Gasteiger charge is -2.29. The van der Waals surface area contributed by atoms with E-state index in [1.807, 2.05) is 12.1 Å². The molecule has 0 spiro atoms. The Labute approximate surface area is 119 Å². The fourth-order valence-corrected chi connectivity index (χ4v) is 3.60. The highest BCUT2D eigenvalue weighted by Crippen LogP contribution is 2.36. The van der Waals surface area contributed by atoms with Crippen LogP contribution >= 0.6 is 31.9 Å². The summed E-state index contributed by atoms with van der Waals surface area (Å²) in [5.74, 6) is 0.514. The molecule has 0 bridgehead atoms. The van der Waals surface area contributed by atoms with Crippen LogP contribution in [-0.2, 0) is 0 Å². The van der Waals surface area contributed by atoms with Crippen LogP contribution in [0.4, 0.5) is 5.69 Å². The number of piperidine rings is 1. The van der Waals surface area contributed by atoms with Crippen molar-refractivity contribution in [2.45, 2.75) is 18.9 Å². The molecule has 1 aliphatic heterocycles. The topological polar surface area (TPSA) is 64.1 Å². The molecule has 3 nitrogen and oxygen atoms in total. The summed E-state index contributed by atoms with van der Waals surface area (Å²) in [5.41, 5.74) is 14.3. The highest BCUT2D eigenvalue weighted by molar-refractivity contribution is 9.11. The average Bonchev–Trinajstić information content (AvgIpc) is 2.34. The van der Waals surface area contributed by atoms with Gasteiger partial charge in [-0.1, -0.05) is 15.9 Å². The van der Waals surface area contributed by atoms with E-state index < -0.39 is 0 Å². The summed E-state index contributed by atoms with van der Waals surface area (Å²) >= 11 is 6.95. The lowest BCUT2D eigenvalue weighted by atomic mass is 9.86.